The lowest BCUT2D eigenvalue weighted by Gasteiger charge is -2.07. The maximum Gasteiger partial charge on any atom is 0.308 e. The number of hydrogen-bond donors (Lipinski definition) is 0. The van der Waals surface area contributed by atoms with Gasteiger partial charge < -0.3 is 9.47 Å². The lowest BCUT2D eigenvalue weighted by molar-refractivity contribution is -0.131. The molecule has 0 aliphatic carbocycles. The van der Waals surface area contributed by atoms with Crippen molar-refractivity contribution in [2.45, 2.75) is 26.4 Å². The molecule has 0 bridgehead atoms. The van der Waals surface area contributed by atoms with E-state index in [1.807, 2.05) is 25.1 Å². The van der Waals surface area contributed by atoms with Crippen molar-refractivity contribution in [3.8, 4) is 5.75 Å². The maximum atomic E-state index is 10.8. The Balaban J connectivity index is 2.10. The van der Waals surface area contributed by atoms with Crippen LogP contribution >= 0.6 is 0 Å². The van der Waals surface area contributed by atoms with Crippen LogP contribution in [0.1, 0.15) is 18.1 Å². The molecule has 0 N–H and O–H groups in total. The van der Waals surface area contributed by atoms with Gasteiger partial charge in [-0.15, -0.1) is 0 Å². The maximum absolute atomic E-state index is 10.8. The highest BCUT2D eigenvalue weighted by atomic mass is 16.6. The third kappa shape index (κ3) is 2.80. The number of esters is 1. The fraction of sp³-hybridized carbons (Fsp3) is 0.417. The predicted molar refractivity (Wildman–Crippen MR) is 55.9 cm³/mol. The van der Waals surface area contributed by atoms with Gasteiger partial charge in [0, 0.05) is 13.3 Å². The molecule has 1 aliphatic heterocycles. The number of aryl methyl sites for hydroxylation is 1. The van der Waals surface area contributed by atoms with Gasteiger partial charge in [0.05, 0.1) is 12.7 Å². The van der Waals surface area contributed by atoms with Gasteiger partial charge in [-0.3, -0.25) is 4.79 Å². The van der Waals surface area contributed by atoms with Crippen LogP contribution in [0.15, 0.2) is 18.2 Å². The van der Waals surface area contributed by atoms with Gasteiger partial charge in [-0.25, -0.2) is 0 Å². The molecule has 1 fully saturated rings. The first-order chi connectivity index (χ1) is 7.15. The van der Waals surface area contributed by atoms with Gasteiger partial charge in [0.15, 0.2) is 0 Å². The molecular weight excluding hydrogens is 192 g/mol. The lowest BCUT2D eigenvalue weighted by Crippen LogP contribution is -2.03. The molecule has 1 saturated heterocycles. The van der Waals surface area contributed by atoms with Crippen molar-refractivity contribution in [1.29, 1.82) is 0 Å². The zero-order chi connectivity index (χ0) is 10.8. The van der Waals surface area contributed by atoms with E-state index in [4.69, 9.17) is 9.47 Å². The minimum absolute atomic E-state index is 0.281. The Morgan fingerprint density at radius 2 is 2.33 bits per heavy atom. The second-order valence-corrected chi connectivity index (χ2v) is 3.85. The van der Waals surface area contributed by atoms with Crippen molar-refractivity contribution in [1.82, 2.24) is 0 Å². The van der Waals surface area contributed by atoms with E-state index in [9.17, 15) is 4.79 Å². The van der Waals surface area contributed by atoms with Gasteiger partial charge >= 0.3 is 5.97 Å². The molecule has 1 aromatic rings. The summed E-state index contributed by atoms with van der Waals surface area (Å²) in [6, 6.07) is 5.86. The van der Waals surface area contributed by atoms with Crippen LogP contribution in [0.4, 0.5) is 0 Å². The predicted octanol–water partition coefficient (Wildman–Crippen LogP) is 1.86. The first kappa shape index (κ1) is 10.2. The van der Waals surface area contributed by atoms with E-state index in [0.29, 0.717) is 11.9 Å². The van der Waals surface area contributed by atoms with Crippen LogP contribution in [-0.2, 0) is 16.0 Å². The van der Waals surface area contributed by atoms with Crippen LogP contribution in [0.3, 0.4) is 0 Å². The average molecular weight is 206 g/mol. The standard InChI is InChI=1S/C12H14O3/c1-8-5-10(6-11-7-14-11)3-4-12(8)15-9(2)13/h3-5,11H,6-7H2,1-2H3. The van der Waals surface area contributed by atoms with E-state index in [2.05, 4.69) is 0 Å². The molecular formula is C12H14O3. The van der Waals surface area contributed by atoms with E-state index in [1.54, 1.807) is 0 Å². The normalized spacial score (nSPS) is 18.7. The summed E-state index contributed by atoms with van der Waals surface area (Å²) in [6.07, 6.45) is 1.34. The first-order valence-electron chi connectivity index (χ1n) is 5.04. The molecule has 1 atom stereocenters. The number of epoxide rings is 1. The van der Waals surface area contributed by atoms with Crippen molar-refractivity contribution in [3.63, 3.8) is 0 Å². The number of ether oxygens (including phenoxy) is 2. The molecule has 0 radical (unpaired) electrons. The highest BCUT2D eigenvalue weighted by Crippen LogP contribution is 2.22. The van der Waals surface area contributed by atoms with E-state index in [0.717, 1.165) is 18.6 Å². The second kappa shape index (κ2) is 4.03. The summed E-state index contributed by atoms with van der Waals surface area (Å²) in [5, 5.41) is 0. The largest absolute Gasteiger partial charge is 0.426 e. The number of hydrogen-bond acceptors (Lipinski definition) is 3. The Labute approximate surface area is 89.0 Å². The molecule has 2 rings (SSSR count). The molecule has 3 heteroatoms. The van der Waals surface area contributed by atoms with Crippen molar-refractivity contribution in [2.75, 3.05) is 6.61 Å². The molecule has 0 saturated carbocycles. The van der Waals surface area contributed by atoms with Crippen molar-refractivity contribution < 1.29 is 14.3 Å². The van der Waals surface area contributed by atoms with Crippen LogP contribution in [0.25, 0.3) is 0 Å². The Morgan fingerprint density at radius 1 is 1.60 bits per heavy atom. The van der Waals surface area contributed by atoms with Crippen molar-refractivity contribution in [3.05, 3.63) is 29.3 Å². The SMILES string of the molecule is CC(=O)Oc1ccc(CC2CO2)cc1C. The third-order valence-corrected chi connectivity index (χ3v) is 2.36. The zero-order valence-corrected chi connectivity index (χ0v) is 8.95. The zero-order valence-electron chi connectivity index (χ0n) is 8.95. The number of carbonyl (C=O) groups excluding carboxylic acids is 1. The molecule has 15 heavy (non-hydrogen) atoms. The number of carbonyl (C=O) groups is 1. The van der Waals surface area contributed by atoms with E-state index in [-0.39, 0.29) is 5.97 Å². The quantitative estimate of drug-likeness (QED) is 0.430. The lowest BCUT2D eigenvalue weighted by atomic mass is 10.1. The topological polar surface area (TPSA) is 38.8 Å². The van der Waals surface area contributed by atoms with Crippen LogP contribution in [0, 0.1) is 6.92 Å². The van der Waals surface area contributed by atoms with Gasteiger partial charge in [0.1, 0.15) is 5.75 Å². The van der Waals surface area contributed by atoms with Gasteiger partial charge in [0.2, 0.25) is 0 Å². The smallest absolute Gasteiger partial charge is 0.308 e. The van der Waals surface area contributed by atoms with Crippen molar-refractivity contribution >= 4 is 5.97 Å². The summed E-state index contributed by atoms with van der Waals surface area (Å²) in [6.45, 7) is 4.21. The van der Waals surface area contributed by atoms with Crippen LogP contribution in [-0.4, -0.2) is 18.7 Å². The molecule has 0 amide bonds. The van der Waals surface area contributed by atoms with E-state index in [1.165, 1.54) is 12.5 Å². The molecule has 0 spiro atoms. The van der Waals surface area contributed by atoms with Crippen molar-refractivity contribution in [2.24, 2.45) is 0 Å². The summed E-state index contributed by atoms with van der Waals surface area (Å²) >= 11 is 0. The van der Waals surface area contributed by atoms with Gasteiger partial charge in [-0.05, 0) is 24.1 Å². The summed E-state index contributed by atoms with van der Waals surface area (Å²) in [4.78, 5) is 10.8. The first-order valence-corrected chi connectivity index (χ1v) is 5.04. The van der Waals surface area contributed by atoms with Gasteiger partial charge in [-0.2, -0.15) is 0 Å². The molecule has 3 nitrogen and oxygen atoms in total. The Bertz CT molecular complexity index is 380. The summed E-state index contributed by atoms with van der Waals surface area (Å²) < 4.78 is 10.2. The fourth-order valence-corrected chi connectivity index (χ4v) is 1.56. The second-order valence-electron chi connectivity index (χ2n) is 3.85. The van der Waals surface area contributed by atoms with Crippen LogP contribution < -0.4 is 4.74 Å². The van der Waals surface area contributed by atoms with E-state index >= 15 is 0 Å². The summed E-state index contributed by atoms with van der Waals surface area (Å²) in [5.41, 5.74) is 2.22. The van der Waals surface area contributed by atoms with Gasteiger partial charge in [0.25, 0.3) is 0 Å². The van der Waals surface area contributed by atoms with Crippen LogP contribution in [0.2, 0.25) is 0 Å². The Morgan fingerprint density at radius 3 is 2.87 bits per heavy atom. The monoisotopic (exact) mass is 206 g/mol. The molecule has 0 aromatic heterocycles. The summed E-state index contributed by atoms with van der Waals surface area (Å²) in [5.74, 6) is 0.361. The third-order valence-electron chi connectivity index (χ3n) is 2.36. The Kier molecular flexibility index (Phi) is 2.73. The highest BCUT2D eigenvalue weighted by molar-refractivity contribution is 5.69. The average Bonchev–Trinajstić information content (AvgIpc) is 2.93. The molecule has 1 unspecified atom stereocenters. The fourth-order valence-electron chi connectivity index (χ4n) is 1.56. The molecule has 1 heterocycles. The summed E-state index contributed by atoms with van der Waals surface area (Å²) in [7, 11) is 0. The highest BCUT2D eigenvalue weighted by Gasteiger charge is 2.22. The molecule has 80 valence electrons. The molecule has 1 aliphatic rings. The van der Waals surface area contributed by atoms with E-state index < -0.39 is 0 Å². The Hall–Kier alpha value is -1.35. The van der Waals surface area contributed by atoms with Gasteiger partial charge in [-0.1, -0.05) is 12.1 Å². The molecule has 1 aromatic carbocycles. The number of rotatable bonds is 3. The minimum atomic E-state index is -0.281. The minimum Gasteiger partial charge on any atom is -0.426 e. The number of benzene rings is 1. The van der Waals surface area contributed by atoms with Crippen LogP contribution in [0.5, 0.6) is 5.75 Å².